The predicted octanol–water partition coefficient (Wildman–Crippen LogP) is 3.83. The molecule has 2 rings (SSSR count). The van der Waals surface area contributed by atoms with E-state index in [1.54, 1.807) is 11.8 Å². The molecule has 1 aromatic rings. The summed E-state index contributed by atoms with van der Waals surface area (Å²) in [6.07, 6.45) is 6.43. The number of nitro benzene ring substituents is 1. The molecule has 2 atom stereocenters. The minimum absolute atomic E-state index is 0.0698. The van der Waals surface area contributed by atoms with Crippen LogP contribution < -0.4 is 10.1 Å². The van der Waals surface area contributed by atoms with Crippen molar-refractivity contribution in [3.8, 4) is 5.75 Å². The molecule has 7 heteroatoms. The molecule has 1 saturated carbocycles. The molecule has 1 aliphatic rings. The van der Waals surface area contributed by atoms with Crippen molar-refractivity contribution in [1.82, 2.24) is 0 Å². The Kier molecular flexibility index (Phi) is 5.27. The van der Waals surface area contributed by atoms with E-state index in [9.17, 15) is 14.5 Å². The molecule has 0 bridgehead atoms. The van der Waals surface area contributed by atoms with Crippen molar-refractivity contribution in [2.24, 2.45) is 0 Å². The number of nitrogens with one attached hydrogen (secondary N) is 1. The zero-order chi connectivity index (χ0) is 15.4. The second-order valence-electron chi connectivity index (χ2n) is 5.07. The van der Waals surface area contributed by atoms with Gasteiger partial charge in [0.25, 0.3) is 0 Å². The number of hydrogen-bond acceptors (Lipinski definition) is 5. The minimum Gasteiger partial charge on any atom is -0.490 e. The molecule has 1 fully saturated rings. The summed E-state index contributed by atoms with van der Waals surface area (Å²) in [5.74, 6) is -0.548. The second kappa shape index (κ2) is 6.98. The van der Waals surface area contributed by atoms with E-state index in [0.717, 1.165) is 25.3 Å². The number of hydrogen-bond donors (Lipinski definition) is 1. The van der Waals surface area contributed by atoms with Gasteiger partial charge in [0.05, 0.1) is 23.8 Å². The molecule has 0 aliphatic heterocycles. The minimum atomic E-state index is -0.642. The SMILES string of the molecule is COc1cc(NC2CCCCC2SC)c(F)cc1[N+](=O)[O-]. The van der Waals surface area contributed by atoms with Crippen LogP contribution in [0.5, 0.6) is 5.75 Å². The summed E-state index contributed by atoms with van der Waals surface area (Å²) in [6, 6.07) is 2.46. The predicted molar refractivity (Wildman–Crippen MR) is 82.8 cm³/mol. The Morgan fingerprint density at radius 2 is 2.14 bits per heavy atom. The highest BCUT2D eigenvalue weighted by Gasteiger charge is 2.26. The summed E-state index contributed by atoms with van der Waals surface area (Å²) in [5.41, 5.74) is -0.0889. The molecule has 1 aromatic carbocycles. The average molecular weight is 314 g/mol. The van der Waals surface area contributed by atoms with E-state index < -0.39 is 10.7 Å². The van der Waals surface area contributed by atoms with Crippen LogP contribution in [-0.2, 0) is 0 Å². The molecular formula is C14H19FN2O3S. The Labute approximate surface area is 127 Å². The van der Waals surface area contributed by atoms with Crippen molar-refractivity contribution in [3.05, 3.63) is 28.1 Å². The Balaban J connectivity index is 2.25. The summed E-state index contributed by atoms with van der Waals surface area (Å²) in [7, 11) is 1.34. The number of rotatable bonds is 5. The van der Waals surface area contributed by atoms with Gasteiger partial charge in [0.1, 0.15) is 0 Å². The third-order valence-electron chi connectivity index (χ3n) is 3.81. The first kappa shape index (κ1) is 15.9. The van der Waals surface area contributed by atoms with E-state index >= 15 is 0 Å². The summed E-state index contributed by atoms with van der Waals surface area (Å²) in [6.45, 7) is 0. The van der Waals surface area contributed by atoms with Crippen molar-refractivity contribution in [2.75, 3.05) is 18.7 Å². The summed E-state index contributed by atoms with van der Waals surface area (Å²) in [4.78, 5) is 10.2. The van der Waals surface area contributed by atoms with Crippen LogP contribution in [0.1, 0.15) is 25.7 Å². The van der Waals surface area contributed by atoms with Gasteiger partial charge in [-0.05, 0) is 19.1 Å². The molecule has 2 unspecified atom stereocenters. The lowest BCUT2D eigenvalue weighted by atomic mass is 9.94. The standard InChI is InChI=1S/C14H19FN2O3S/c1-20-13-8-11(9(15)7-12(13)17(18)19)16-10-5-3-4-6-14(10)21-2/h7-8,10,14,16H,3-6H2,1-2H3. The maximum absolute atomic E-state index is 14.1. The Morgan fingerprint density at radius 3 is 2.76 bits per heavy atom. The van der Waals surface area contributed by atoms with Gasteiger partial charge in [-0.1, -0.05) is 12.8 Å². The average Bonchev–Trinajstić information content (AvgIpc) is 2.49. The monoisotopic (exact) mass is 314 g/mol. The number of methoxy groups -OCH3 is 1. The van der Waals surface area contributed by atoms with Gasteiger partial charge in [-0.3, -0.25) is 10.1 Å². The van der Waals surface area contributed by atoms with Crippen LogP contribution in [0.4, 0.5) is 15.8 Å². The molecule has 0 amide bonds. The van der Waals surface area contributed by atoms with Crippen LogP contribution >= 0.6 is 11.8 Å². The van der Waals surface area contributed by atoms with Crippen molar-refractivity contribution in [1.29, 1.82) is 0 Å². The van der Waals surface area contributed by atoms with Gasteiger partial charge >= 0.3 is 5.69 Å². The molecule has 5 nitrogen and oxygen atoms in total. The van der Waals surface area contributed by atoms with E-state index in [-0.39, 0.29) is 23.2 Å². The van der Waals surface area contributed by atoms with Crippen molar-refractivity contribution < 1.29 is 14.1 Å². The molecule has 0 saturated heterocycles. The van der Waals surface area contributed by atoms with E-state index in [0.29, 0.717) is 5.25 Å². The van der Waals surface area contributed by atoms with E-state index in [1.807, 2.05) is 0 Å². The number of nitro groups is 1. The zero-order valence-corrected chi connectivity index (χ0v) is 12.9. The van der Waals surface area contributed by atoms with E-state index in [2.05, 4.69) is 11.6 Å². The fourth-order valence-corrected chi connectivity index (χ4v) is 3.64. The molecule has 1 N–H and O–H groups in total. The van der Waals surface area contributed by atoms with Crippen molar-refractivity contribution >= 4 is 23.1 Å². The highest BCUT2D eigenvalue weighted by atomic mass is 32.2. The number of thioether (sulfide) groups is 1. The summed E-state index contributed by atoms with van der Waals surface area (Å²) < 4.78 is 19.1. The van der Waals surface area contributed by atoms with Crippen LogP contribution in [0.25, 0.3) is 0 Å². The molecule has 0 heterocycles. The topological polar surface area (TPSA) is 64.4 Å². The molecule has 0 aromatic heterocycles. The number of nitrogens with zero attached hydrogens (tertiary/aromatic N) is 1. The number of anilines is 1. The lowest BCUT2D eigenvalue weighted by Gasteiger charge is -2.31. The van der Waals surface area contributed by atoms with Crippen LogP contribution in [0.3, 0.4) is 0 Å². The first-order valence-corrected chi connectivity index (χ1v) is 8.17. The third kappa shape index (κ3) is 3.58. The maximum atomic E-state index is 14.1. The van der Waals surface area contributed by atoms with Gasteiger partial charge in [0.15, 0.2) is 11.6 Å². The fraction of sp³-hybridized carbons (Fsp3) is 0.571. The van der Waals surface area contributed by atoms with Crippen molar-refractivity contribution in [2.45, 2.75) is 37.0 Å². The maximum Gasteiger partial charge on any atom is 0.313 e. The van der Waals surface area contributed by atoms with Gasteiger partial charge in [-0.2, -0.15) is 11.8 Å². The third-order valence-corrected chi connectivity index (χ3v) is 4.98. The summed E-state index contributed by atoms with van der Waals surface area (Å²) in [5, 5.41) is 14.5. The highest BCUT2D eigenvalue weighted by molar-refractivity contribution is 7.99. The first-order chi connectivity index (χ1) is 10.1. The fourth-order valence-electron chi connectivity index (χ4n) is 2.70. The van der Waals surface area contributed by atoms with Gasteiger partial charge in [0.2, 0.25) is 0 Å². The normalized spacial score (nSPS) is 21.9. The van der Waals surface area contributed by atoms with Gasteiger partial charge in [-0.15, -0.1) is 0 Å². The van der Waals surface area contributed by atoms with Crippen molar-refractivity contribution in [3.63, 3.8) is 0 Å². The van der Waals surface area contributed by atoms with Crippen LogP contribution in [-0.4, -0.2) is 29.6 Å². The molecule has 21 heavy (non-hydrogen) atoms. The first-order valence-electron chi connectivity index (χ1n) is 6.88. The largest absolute Gasteiger partial charge is 0.490 e. The quantitative estimate of drug-likeness (QED) is 0.661. The highest BCUT2D eigenvalue weighted by Crippen LogP contribution is 2.35. The molecule has 0 spiro atoms. The molecule has 1 aliphatic carbocycles. The van der Waals surface area contributed by atoms with Gasteiger partial charge < -0.3 is 10.1 Å². The number of benzene rings is 1. The Morgan fingerprint density at radius 1 is 1.43 bits per heavy atom. The van der Waals surface area contributed by atoms with E-state index in [1.165, 1.54) is 19.6 Å². The molecular weight excluding hydrogens is 295 g/mol. The number of ether oxygens (including phenoxy) is 1. The van der Waals surface area contributed by atoms with Crippen LogP contribution in [0, 0.1) is 15.9 Å². The Hall–Kier alpha value is -1.50. The number of halogens is 1. The lowest BCUT2D eigenvalue weighted by molar-refractivity contribution is -0.385. The van der Waals surface area contributed by atoms with Crippen LogP contribution in [0.15, 0.2) is 12.1 Å². The molecule has 116 valence electrons. The smallest absolute Gasteiger partial charge is 0.313 e. The zero-order valence-electron chi connectivity index (χ0n) is 12.1. The van der Waals surface area contributed by atoms with Gasteiger partial charge in [0, 0.05) is 17.4 Å². The van der Waals surface area contributed by atoms with Crippen LogP contribution in [0.2, 0.25) is 0 Å². The molecule has 0 radical (unpaired) electrons. The summed E-state index contributed by atoms with van der Waals surface area (Å²) >= 11 is 1.77. The lowest BCUT2D eigenvalue weighted by Crippen LogP contribution is -2.34. The Bertz CT molecular complexity index is 527. The van der Waals surface area contributed by atoms with Gasteiger partial charge in [-0.25, -0.2) is 4.39 Å². The second-order valence-corrected chi connectivity index (χ2v) is 6.15. The van der Waals surface area contributed by atoms with E-state index in [4.69, 9.17) is 4.74 Å².